The maximum absolute atomic E-state index is 14.7. The number of nitrogens with one attached hydrogen (secondary N) is 1. The third-order valence-electron chi connectivity index (χ3n) is 5.25. The molecule has 0 saturated carbocycles. The molecule has 30 heavy (non-hydrogen) atoms. The number of hydrogen-bond acceptors (Lipinski definition) is 4. The summed E-state index contributed by atoms with van der Waals surface area (Å²) in [5, 5.41) is 7.81. The first-order chi connectivity index (χ1) is 14.7. The van der Waals surface area contributed by atoms with Crippen molar-refractivity contribution in [2.45, 2.75) is 18.9 Å². The lowest BCUT2D eigenvalue weighted by molar-refractivity contribution is -0.120. The molecule has 0 fully saturated rings. The summed E-state index contributed by atoms with van der Waals surface area (Å²) in [5.74, 6) is -0.163. The Hall–Kier alpha value is -3.25. The third kappa shape index (κ3) is 3.78. The monoisotopic (exact) mass is 418 g/mol. The van der Waals surface area contributed by atoms with Crippen molar-refractivity contribution < 1.29 is 13.9 Å². The highest BCUT2D eigenvalue weighted by molar-refractivity contribution is 7.08. The Labute approximate surface area is 177 Å². The first-order valence-corrected chi connectivity index (χ1v) is 10.7. The highest BCUT2D eigenvalue weighted by atomic mass is 32.1. The van der Waals surface area contributed by atoms with Crippen molar-refractivity contribution >= 4 is 28.1 Å². The molecule has 1 aliphatic rings. The molecule has 1 atom stereocenters. The lowest BCUT2D eigenvalue weighted by Gasteiger charge is -2.12. The molecule has 2 aromatic heterocycles. The van der Waals surface area contributed by atoms with E-state index in [0.717, 1.165) is 33.2 Å². The van der Waals surface area contributed by atoms with Crippen molar-refractivity contribution in [1.82, 2.24) is 10.3 Å². The minimum absolute atomic E-state index is 0.0589. The maximum Gasteiger partial charge on any atom is 0.224 e. The van der Waals surface area contributed by atoms with E-state index in [0.29, 0.717) is 19.4 Å². The van der Waals surface area contributed by atoms with Crippen molar-refractivity contribution in [3.05, 3.63) is 82.4 Å². The summed E-state index contributed by atoms with van der Waals surface area (Å²) >= 11 is 1.57. The van der Waals surface area contributed by atoms with Gasteiger partial charge in [-0.2, -0.15) is 11.3 Å². The summed E-state index contributed by atoms with van der Waals surface area (Å²) in [6.45, 7) is 0.351. The number of pyridine rings is 1. The van der Waals surface area contributed by atoms with Crippen LogP contribution in [0, 0.1) is 5.82 Å². The van der Waals surface area contributed by atoms with Gasteiger partial charge >= 0.3 is 0 Å². The van der Waals surface area contributed by atoms with Crippen LogP contribution >= 0.6 is 11.3 Å². The van der Waals surface area contributed by atoms with Gasteiger partial charge in [-0.1, -0.05) is 18.2 Å². The Morgan fingerprint density at radius 2 is 2.10 bits per heavy atom. The predicted molar refractivity (Wildman–Crippen MR) is 116 cm³/mol. The second-order valence-electron chi connectivity index (χ2n) is 7.42. The highest BCUT2D eigenvalue weighted by Gasteiger charge is 2.27. The Bertz CT molecular complexity index is 1220. The summed E-state index contributed by atoms with van der Waals surface area (Å²) in [5.41, 5.74) is 4.35. The molecule has 4 aromatic rings. The van der Waals surface area contributed by atoms with E-state index in [1.807, 2.05) is 53.2 Å². The SMILES string of the molecule is O=C(Cc1ccsc1)NC[C@@H]1Cc2cc(-c3cnc4ccccc4c3)cc(F)c2O1. The Morgan fingerprint density at radius 3 is 2.97 bits per heavy atom. The van der Waals surface area contributed by atoms with Crippen molar-refractivity contribution in [3.8, 4) is 16.9 Å². The average molecular weight is 418 g/mol. The molecule has 0 unspecified atom stereocenters. The second kappa shape index (κ2) is 7.88. The van der Waals surface area contributed by atoms with E-state index in [-0.39, 0.29) is 23.6 Å². The zero-order valence-electron chi connectivity index (χ0n) is 16.1. The van der Waals surface area contributed by atoms with E-state index in [1.54, 1.807) is 17.5 Å². The van der Waals surface area contributed by atoms with Crippen LogP contribution < -0.4 is 10.1 Å². The number of benzene rings is 2. The molecule has 1 N–H and O–H groups in total. The summed E-state index contributed by atoms with van der Waals surface area (Å²) in [7, 11) is 0. The Balaban J connectivity index is 1.30. The number of aromatic nitrogens is 1. The van der Waals surface area contributed by atoms with E-state index in [2.05, 4.69) is 10.3 Å². The van der Waals surface area contributed by atoms with E-state index < -0.39 is 0 Å². The number of para-hydroxylation sites is 1. The minimum atomic E-state index is -0.386. The average Bonchev–Trinajstić information content (AvgIpc) is 3.41. The topological polar surface area (TPSA) is 51.2 Å². The van der Waals surface area contributed by atoms with Gasteiger partial charge in [-0.25, -0.2) is 4.39 Å². The van der Waals surface area contributed by atoms with Crippen LogP contribution in [-0.2, 0) is 17.6 Å². The van der Waals surface area contributed by atoms with Crippen molar-refractivity contribution in [3.63, 3.8) is 0 Å². The number of carbonyl (C=O) groups excluding carboxylic acids is 1. The molecule has 2 aromatic carbocycles. The van der Waals surface area contributed by atoms with Crippen LogP contribution in [0.4, 0.5) is 4.39 Å². The standard InChI is InChI=1S/C24H19FN2O2S/c25-21-11-17(19-8-16-3-1-2-4-22(16)26-12-19)9-18-10-20(29-24(18)21)13-27-23(28)7-15-5-6-30-14-15/h1-6,8-9,11-12,14,20H,7,10,13H2,(H,27,28)/t20-/m0/s1. The van der Waals surface area contributed by atoms with E-state index in [1.165, 1.54) is 6.07 Å². The van der Waals surface area contributed by atoms with Crippen molar-refractivity contribution in [2.75, 3.05) is 6.54 Å². The van der Waals surface area contributed by atoms with Crippen molar-refractivity contribution in [1.29, 1.82) is 0 Å². The van der Waals surface area contributed by atoms with Gasteiger partial charge in [0.15, 0.2) is 11.6 Å². The lowest BCUT2D eigenvalue weighted by atomic mass is 10.0. The summed E-state index contributed by atoms with van der Waals surface area (Å²) in [4.78, 5) is 16.6. The largest absolute Gasteiger partial charge is 0.485 e. The zero-order chi connectivity index (χ0) is 20.5. The zero-order valence-corrected chi connectivity index (χ0v) is 16.9. The molecule has 1 aliphatic heterocycles. The molecular weight excluding hydrogens is 399 g/mol. The Kier molecular flexibility index (Phi) is 4.93. The summed E-state index contributed by atoms with van der Waals surface area (Å²) < 4.78 is 20.5. The molecule has 0 spiro atoms. The number of fused-ring (bicyclic) bond motifs is 2. The van der Waals surface area contributed by atoms with Gasteiger partial charge in [0.2, 0.25) is 5.91 Å². The maximum atomic E-state index is 14.7. The molecule has 3 heterocycles. The first-order valence-electron chi connectivity index (χ1n) is 9.78. The fraction of sp³-hybridized carbons (Fsp3) is 0.167. The van der Waals surface area contributed by atoms with Crippen LogP contribution in [0.2, 0.25) is 0 Å². The minimum Gasteiger partial charge on any atom is -0.485 e. The molecule has 0 aliphatic carbocycles. The van der Waals surface area contributed by atoms with Gasteiger partial charge in [-0.3, -0.25) is 9.78 Å². The molecule has 0 bridgehead atoms. The Morgan fingerprint density at radius 1 is 1.20 bits per heavy atom. The van der Waals surface area contributed by atoms with E-state index in [4.69, 9.17) is 4.74 Å². The number of rotatable bonds is 5. The van der Waals surface area contributed by atoms with Crippen LogP contribution in [0.5, 0.6) is 5.75 Å². The quantitative estimate of drug-likeness (QED) is 0.508. The smallest absolute Gasteiger partial charge is 0.224 e. The van der Waals surface area contributed by atoms with E-state index in [9.17, 15) is 9.18 Å². The van der Waals surface area contributed by atoms with Gasteiger partial charge in [0.05, 0.1) is 18.5 Å². The first kappa shape index (κ1) is 18.8. The van der Waals surface area contributed by atoms with Crippen molar-refractivity contribution in [2.24, 2.45) is 0 Å². The lowest BCUT2D eigenvalue weighted by Crippen LogP contribution is -2.35. The fourth-order valence-electron chi connectivity index (χ4n) is 3.77. The van der Waals surface area contributed by atoms with Gasteiger partial charge in [-0.05, 0) is 52.2 Å². The van der Waals surface area contributed by atoms with Gasteiger partial charge < -0.3 is 10.1 Å². The van der Waals surface area contributed by atoms with Crippen LogP contribution in [0.3, 0.4) is 0 Å². The molecule has 5 rings (SSSR count). The molecule has 1 amide bonds. The molecule has 6 heteroatoms. The summed E-state index contributed by atoms with van der Waals surface area (Å²) in [6, 6.07) is 15.2. The number of amides is 1. The normalized spacial score (nSPS) is 15.0. The number of nitrogens with zero attached hydrogens (tertiary/aromatic N) is 1. The molecule has 150 valence electrons. The fourth-order valence-corrected chi connectivity index (χ4v) is 4.43. The number of carbonyl (C=O) groups is 1. The van der Waals surface area contributed by atoms with Crippen LogP contribution in [0.15, 0.2) is 65.5 Å². The third-order valence-corrected chi connectivity index (χ3v) is 5.98. The van der Waals surface area contributed by atoms with Gasteiger partial charge in [0.1, 0.15) is 6.10 Å². The van der Waals surface area contributed by atoms with E-state index >= 15 is 0 Å². The van der Waals surface area contributed by atoms with Crippen LogP contribution in [-0.4, -0.2) is 23.5 Å². The van der Waals surface area contributed by atoms with Gasteiger partial charge in [0, 0.05) is 29.1 Å². The number of halogens is 1. The van der Waals surface area contributed by atoms with Gasteiger partial charge in [-0.15, -0.1) is 0 Å². The molecule has 4 nitrogen and oxygen atoms in total. The number of thiophene rings is 1. The molecular formula is C24H19FN2O2S. The second-order valence-corrected chi connectivity index (χ2v) is 8.20. The number of hydrogen-bond donors (Lipinski definition) is 1. The summed E-state index contributed by atoms with van der Waals surface area (Å²) in [6.07, 6.45) is 2.39. The van der Waals surface area contributed by atoms with Crippen LogP contribution in [0.1, 0.15) is 11.1 Å². The molecule has 0 saturated heterocycles. The number of ether oxygens (including phenoxy) is 1. The van der Waals surface area contributed by atoms with Gasteiger partial charge in [0.25, 0.3) is 0 Å². The van der Waals surface area contributed by atoms with Crippen LogP contribution in [0.25, 0.3) is 22.0 Å². The highest BCUT2D eigenvalue weighted by Crippen LogP contribution is 2.36. The predicted octanol–water partition coefficient (Wildman–Crippen LogP) is 4.76. The molecule has 0 radical (unpaired) electrons.